The Balaban J connectivity index is 2.38. The molecule has 1 heterocycles. The van der Waals surface area contributed by atoms with Crippen LogP contribution in [0.25, 0.3) is 0 Å². The minimum atomic E-state index is -0.871. The number of rotatable bonds is 2. The third-order valence-electron chi connectivity index (χ3n) is 2.70. The van der Waals surface area contributed by atoms with Crippen molar-refractivity contribution in [1.82, 2.24) is 0 Å². The third-order valence-corrected chi connectivity index (χ3v) is 2.70. The number of Topliss-reactive ketones (excluding diaryl/α,β-unsaturated/α-hetero) is 1. The van der Waals surface area contributed by atoms with Gasteiger partial charge in [-0.15, -0.1) is 0 Å². The van der Waals surface area contributed by atoms with Crippen LogP contribution in [0.3, 0.4) is 0 Å². The number of hydrogen-bond donors (Lipinski definition) is 1. The number of para-hydroxylation sites is 1. The molecular weight excluding hydrogens is 206 g/mol. The largest absolute Gasteiger partial charge is 0.480 e. The van der Waals surface area contributed by atoms with Gasteiger partial charge in [-0.1, -0.05) is 12.1 Å². The number of anilines is 1. The first kappa shape index (κ1) is 10.7. The first-order chi connectivity index (χ1) is 7.68. The lowest BCUT2D eigenvalue weighted by atomic mass is 10.1. The number of fused-ring (bicyclic) bond motifs is 1. The predicted molar refractivity (Wildman–Crippen MR) is 59.9 cm³/mol. The highest BCUT2D eigenvalue weighted by molar-refractivity contribution is 6.02. The summed E-state index contributed by atoms with van der Waals surface area (Å²) in [5, 5.41) is 8.82. The van der Waals surface area contributed by atoms with Crippen molar-refractivity contribution in [2.24, 2.45) is 0 Å². The van der Waals surface area contributed by atoms with Crippen LogP contribution in [0.15, 0.2) is 24.3 Å². The molecule has 4 nitrogen and oxygen atoms in total. The number of carbonyl (C=O) groups is 2. The second-order valence-electron chi connectivity index (χ2n) is 3.86. The summed E-state index contributed by atoms with van der Waals surface area (Å²) in [5.74, 6) is -0.771. The molecule has 0 fully saturated rings. The molecule has 0 saturated heterocycles. The molecule has 0 unspecified atom stereocenters. The summed E-state index contributed by atoms with van der Waals surface area (Å²) in [5.41, 5.74) is 1.38. The molecule has 1 aliphatic heterocycles. The molecule has 0 saturated carbocycles. The summed E-state index contributed by atoms with van der Waals surface area (Å²) in [6, 6.07) is 7.20. The molecule has 0 aliphatic carbocycles. The van der Waals surface area contributed by atoms with E-state index in [9.17, 15) is 9.59 Å². The molecule has 0 atom stereocenters. The van der Waals surface area contributed by atoms with E-state index in [0.29, 0.717) is 24.9 Å². The molecule has 1 aromatic rings. The van der Waals surface area contributed by atoms with E-state index < -0.39 is 5.97 Å². The topological polar surface area (TPSA) is 57.6 Å². The lowest BCUT2D eigenvalue weighted by molar-refractivity contribution is -0.135. The van der Waals surface area contributed by atoms with Crippen LogP contribution >= 0.6 is 0 Å². The van der Waals surface area contributed by atoms with Crippen molar-refractivity contribution in [1.29, 1.82) is 0 Å². The van der Waals surface area contributed by atoms with Crippen molar-refractivity contribution in [3.8, 4) is 0 Å². The average Bonchev–Trinajstić information content (AvgIpc) is 2.40. The molecule has 84 valence electrons. The maximum absolute atomic E-state index is 11.8. The number of benzene rings is 1. The van der Waals surface area contributed by atoms with Crippen molar-refractivity contribution < 1.29 is 14.7 Å². The second kappa shape index (κ2) is 4.35. The Morgan fingerprint density at radius 1 is 1.38 bits per heavy atom. The van der Waals surface area contributed by atoms with Crippen LogP contribution in [0.4, 0.5) is 5.69 Å². The Hall–Kier alpha value is -1.84. The van der Waals surface area contributed by atoms with Crippen LogP contribution in [-0.4, -0.2) is 29.9 Å². The number of nitrogens with zero attached hydrogens (tertiary/aromatic N) is 1. The molecule has 4 heteroatoms. The monoisotopic (exact) mass is 219 g/mol. The predicted octanol–water partition coefficient (Wildman–Crippen LogP) is 1.55. The zero-order valence-corrected chi connectivity index (χ0v) is 8.85. The number of carboxylic acids is 1. The van der Waals surface area contributed by atoms with Gasteiger partial charge in [0.2, 0.25) is 0 Å². The summed E-state index contributed by atoms with van der Waals surface area (Å²) in [4.78, 5) is 24.3. The molecule has 2 rings (SSSR count). The maximum atomic E-state index is 11.8. The van der Waals surface area contributed by atoms with E-state index in [2.05, 4.69) is 0 Å². The zero-order chi connectivity index (χ0) is 11.5. The highest BCUT2D eigenvalue weighted by Crippen LogP contribution is 2.25. The van der Waals surface area contributed by atoms with Gasteiger partial charge < -0.3 is 10.0 Å². The molecule has 0 radical (unpaired) electrons. The standard InChI is InChI=1S/C12H13NO3/c14-11-6-3-7-13(8-12(15)16)10-5-2-1-4-9(10)11/h1-2,4-5H,3,6-8H2,(H,15,16). The van der Waals surface area contributed by atoms with Gasteiger partial charge in [0.15, 0.2) is 5.78 Å². The Bertz CT molecular complexity index is 428. The lowest BCUT2D eigenvalue weighted by Gasteiger charge is -2.22. The second-order valence-corrected chi connectivity index (χ2v) is 3.86. The summed E-state index contributed by atoms with van der Waals surface area (Å²) >= 11 is 0. The van der Waals surface area contributed by atoms with Crippen LogP contribution in [0.5, 0.6) is 0 Å². The number of aliphatic carboxylic acids is 1. The fourth-order valence-corrected chi connectivity index (χ4v) is 2.00. The third kappa shape index (κ3) is 2.05. The van der Waals surface area contributed by atoms with Gasteiger partial charge >= 0.3 is 5.97 Å². The van der Waals surface area contributed by atoms with E-state index in [1.54, 1.807) is 17.0 Å². The van der Waals surface area contributed by atoms with Crippen molar-refractivity contribution in [2.75, 3.05) is 18.0 Å². The van der Waals surface area contributed by atoms with Gasteiger partial charge in [0.25, 0.3) is 0 Å². The van der Waals surface area contributed by atoms with Crippen molar-refractivity contribution in [3.05, 3.63) is 29.8 Å². The first-order valence-corrected chi connectivity index (χ1v) is 5.27. The molecular formula is C12H13NO3. The summed E-state index contributed by atoms with van der Waals surface area (Å²) in [6.45, 7) is 0.569. The SMILES string of the molecule is O=C(O)CN1CCCC(=O)c2ccccc21. The van der Waals surface area contributed by atoms with Gasteiger partial charge in [-0.2, -0.15) is 0 Å². The molecule has 0 amide bonds. The minimum absolute atomic E-state index is 0.0513. The van der Waals surface area contributed by atoms with Gasteiger partial charge in [0.05, 0.1) is 0 Å². The summed E-state index contributed by atoms with van der Waals surface area (Å²) in [6.07, 6.45) is 1.20. The lowest BCUT2D eigenvalue weighted by Crippen LogP contribution is -2.30. The smallest absolute Gasteiger partial charge is 0.323 e. The quantitative estimate of drug-likeness (QED) is 0.820. The average molecular weight is 219 g/mol. The van der Waals surface area contributed by atoms with Gasteiger partial charge in [-0.05, 0) is 18.6 Å². The Morgan fingerprint density at radius 2 is 2.12 bits per heavy atom. The van der Waals surface area contributed by atoms with E-state index in [4.69, 9.17) is 5.11 Å². The molecule has 16 heavy (non-hydrogen) atoms. The Kier molecular flexibility index (Phi) is 2.90. The minimum Gasteiger partial charge on any atom is -0.480 e. The highest BCUT2D eigenvalue weighted by Gasteiger charge is 2.21. The summed E-state index contributed by atoms with van der Waals surface area (Å²) in [7, 11) is 0. The zero-order valence-electron chi connectivity index (χ0n) is 8.85. The fraction of sp³-hybridized carbons (Fsp3) is 0.333. The van der Waals surface area contributed by atoms with Crippen LogP contribution in [0.2, 0.25) is 0 Å². The Labute approximate surface area is 93.5 Å². The first-order valence-electron chi connectivity index (χ1n) is 5.27. The van der Waals surface area contributed by atoms with Gasteiger partial charge in [0.1, 0.15) is 6.54 Å². The normalized spacial score (nSPS) is 15.5. The van der Waals surface area contributed by atoms with Gasteiger partial charge in [0, 0.05) is 24.2 Å². The van der Waals surface area contributed by atoms with E-state index in [1.165, 1.54) is 0 Å². The molecule has 1 aliphatic rings. The molecule has 0 spiro atoms. The molecule has 1 N–H and O–H groups in total. The van der Waals surface area contributed by atoms with Crippen LogP contribution in [0.1, 0.15) is 23.2 Å². The maximum Gasteiger partial charge on any atom is 0.323 e. The molecule has 0 aromatic heterocycles. The van der Waals surface area contributed by atoms with Gasteiger partial charge in [-0.3, -0.25) is 9.59 Å². The van der Waals surface area contributed by atoms with Crippen LogP contribution < -0.4 is 4.90 Å². The highest BCUT2D eigenvalue weighted by atomic mass is 16.4. The van der Waals surface area contributed by atoms with Gasteiger partial charge in [-0.25, -0.2) is 0 Å². The summed E-state index contributed by atoms with van der Waals surface area (Å²) < 4.78 is 0. The van der Waals surface area contributed by atoms with Crippen molar-refractivity contribution in [3.63, 3.8) is 0 Å². The Morgan fingerprint density at radius 3 is 2.88 bits per heavy atom. The van der Waals surface area contributed by atoms with Crippen molar-refractivity contribution in [2.45, 2.75) is 12.8 Å². The van der Waals surface area contributed by atoms with E-state index in [-0.39, 0.29) is 12.3 Å². The van der Waals surface area contributed by atoms with E-state index in [0.717, 1.165) is 5.69 Å². The van der Waals surface area contributed by atoms with Crippen molar-refractivity contribution >= 4 is 17.4 Å². The number of carboxylic acid groups (broad SMARTS) is 1. The molecule has 0 bridgehead atoms. The number of hydrogen-bond acceptors (Lipinski definition) is 3. The number of carbonyl (C=O) groups excluding carboxylic acids is 1. The fourth-order valence-electron chi connectivity index (χ4n) is 2.00. The molecule has 1 aromatic carbocycles. The van der Waals surface area contributed by atoms with E-state index >= 15 is 0 Å². The van der Waals surface area contributed by atoms with Crippen LogP contribution in [-0.2, 0) is 4.79 Å². The number of ketones is 1. The van der Waals surface area contributed by atoms with Crippen LogP contribution in [0, 0.1) is 0 Å². The van der Waals surface area contributed by atoms with E-state index in [1.807, 2.05) is 12.1 Å².